The van der Waals surface area contributed by atoms with Crippen LogP contribution in [-0.4, -0.2) is 16.7 Å². The first-order chi connectivity index (χ1) is 11.2. The lowest BCUT2D eigenvalue weighted by Gasteiger charge is -2.41. The van der Waals surface area contributed by atoms with Crippen molar-refractivity contribution in [2.24, 2.45) is 0 Å². The van der Waals surface area contributed by atoms with Crippen LogP contribution in [0.4, 0.5) is 0 Å². The van der Waals surface area contributed by atoms with Crippen molar-refractivity contribution in [3.63, 3.8) is 0 Å². The highest BCUT2D eigenvalue weighted by Gasteiger charge is 2.39. The Kier molecular flexibility index (Phi) is 4.77. The van der Waals surface area contributed by atoms with Crippen molar-refractivity contribution >= 4 is 22.2 Å². The van der Waals surface area contributed by atoms with Gasteiger partial charge in [0.15, 0.2) is 6.29 Å². The van der Waals surface area contributed by atoms with Gasteiger partial charge in [0.05, 0.1) is 0 Å². The Labute approximate surface area is 145 Å². The molecule has 116 valence electrons. The number of rotatable bonds is 5. The lowest BCUT2D eigenvalue weighted by molar-refractivity contribution is -0.115. The summed E-state index contributed by atoms with van der Waals surface area (Å²) in [5.41, 5.74) is 1.61. The van der Waals surface area contributed by atoms with Gasteiger partial charge in [-0.2, -0.15) is 0 Å². The van der Waals surface area contributed by atoms with Crippen molar-refractivity contribution in [3.05, 3.63) is 94.6 Å². The van der Waals surface area contributed by atoms with Gasteiger partial charge in [-0.25, -0.2) is 0 Å². The normalized spacial score (nSPS) is 20.2. The Balaban J connectivity index is 1.94. The van der Waals surface area contributed by atoms with E-state index in [2.05, 4.69) is 45.1 Å². The van der Waals surface area contributed by atoms with E-state index in [4.69, 9.17) is 0 Å². The maximum absolute atomic E-state index is 12.2. The highest BCUT2D eigenvalue weighted by atomic mass is 79.9. The first-order valence-electron chi connectivity index (χ1n) is 7.60. The summed E-state index contributed by atoms with van der Waals surface area (Å²) < 4.78 is 0.891. The van der Waals surface area contributed by atoms with Crippen LogP contribution in [0.5, 0.6) is 0 Å². The first kappa shape index (κ1) is 15.8. The number of hydrogen-bond acceptors (Lipinski definition) is 2. The maximum Gasteiger partial charge on any atom is 0.151 e. The van der Waals surface area contributed by atoms with Gasteiger partial charge in [0.25, 0.3) is 0 Å². The summed E-state index contributed by atoms with van der Waals surface area (Å²) in [5, 5.41) is 0. The van der Waals surface area contributed by atoms with Crippen LogP contribution in [0.2, 0.25) is 0 Å². The Morgan fingerprint density at radius 2 is 1.57 bits per heavy atom. The van der Waals surface area contributed by atoms with Crippen LogP contribution in [0.1, 0.15) is 11.1 Å². The third kappa shape index (κ3) is 3.30. The smallest absolute Gasteiger partial charge is 0.151 e. The van der Waals surface area contributed by atoms with Crippen LogP contribution in [0.3, 0.4) is 0 Å². The molecule has 1 atom stereocenters. The third-order valence-corrected chi connectivity index (χ3v) is 5.09. The summed E-state index contributed by atoms with van der Waals surface area (Å²) in [6.07, 6.45) is 7.60. The Bertz CT molecular complexity index is 724. The summed E-state index contributed by atoms with van der Waals surface area (Å²) in [5.74, 6) is 0. The van der Waals surface area contributed by atoms with Crippen molar-refractivity contribution in [1.82, 2.24) is 4.90 Å². The van der Waals surface area contributed by atoms with E-state index in [0.717, 1.165) is 16.3 Å². The van der Waals surface area contributed by atoms with Crippen LogP contribution in [0.25, 0.3) is 0 Å². The lowest BCUT2D eigenvalue weighted by Crippen LogP contribution is -2.50. The summed E-state index contributed by atoms with van der Waals surface area (Å²) in [6.45, 7) is 0.686. The number of nitrogens with zero attached hydrogens (tertiary/aromatic N) is 1. The quantitative estimate of drug-likeness (QED) is 0.726. The number of allylic oxidation sites excluding steroid dienone is 2. The molecule has 2 nitrogen and oxygen atoms in total. The number of benzene rings is 2. The van der Waals surface area contributed by atoms with Gasteiger partial charge in [0, 0.05) is 23.6 Å². The van der Waals surface area contributed by atoms with E-state index in [1.165, 1.54) is 5.56 Å². The van der Waals surface area contributed by atoms with Gasteiger partial charge in [0.2, 0.25) is 0 Å². The van der Waals surface area contributed by atoms with Gasteiger partial charge in [0.1, 0.15) is 5.54 Å². The second-order valence-corrected chi connectivity index (χ2v) is 6.53. The number of halogens is 1. The molecule has 2 aromatic carbocycles. The Hall–Kier alpha value is -2.13. The first-order valence-corrected chi connectivity index (χ1v) is 8.39. The van der Waals surface area contributed by atoms with Crippen LogP contribution < -0.4 is 0 Å². The molecule has 23 heavy (non-hydrogen) atoms. The van der Waals surface area contributed by atoms with Gasteiger partial charge in [-0.1, -0.05) is 76.6 Å². The van der Waals surface area contributed by atoms with E-state index in [1.54, 1.807) is 0 Å². The molecule has 0 saturated carbocycles. The minimum absolute atomic E-state index is 0.631. The molecule has 0 aliphatic carbocycles. The average Bonchev–Trinajstić information content (AvgIpc) is 2.60. The summed E-state index contributed by atoms with van der Waals surface area (Å²) in [4.78, 5) is 14.3. The third-order valence-electron chi connectivity index (χ3n) is 4.14. The van der Waals surface area contributed by atoms with Crippen molar-refractivity contribution in [3.8, 4) is 0 Å². The monoisotopic (exact) mass is 367 g/mol. The molecule has 0 fully saturated rings. The molecule has 0 amide bonds. The molecular formula is C20H18BrNO. The van der Waals surface area contributed by atoms with Gasteiger partial charge >= 0.3 is 0 Å². The van der Waals surface area contributed by atoms with Crippen LogP contribution in [-0.2, 0) is 17.8 Å². The molecule has 1 unspecified atom stereocenters. The highest BCUT2D eigenvalue weighted by molar-refractivity contribution is 9.11. The molecule has 0 radical (unpaired) electrons. The number of carbonyl (C=O) groups excluding carboxylic acids is 1. The molecule has 0 bridgehead atoms. The fourth-order valence-electron chi connectivity index (χ4n) is 2.88. The van der Waals surface area contributed by atoms with Crippen molar-refractivity contribution in [2.45, 2.75) is 18.5 Å². The van der Waals surface area contributed by atoms with E-state index >= 15 is 0 Å². The Morgan fingerprint density at radius 3 is 2.17 bits per heavy atom. The van der Waals surface area contributed by atoms with E-state index in [9.17, 15) is 4.79 Å². The minimum atomic E-state index is -0.702. The second kappa shape index (κ2) is 6.97. The maximum atomic E-state index is 12.2. The van der Waals surface area contributed by atoms with E-state index in [0.29, 0.717) is 13.0 Å². The zero-order valence-electron chi connectivity index (χ0n) is 12.7. The molecule has 0 aromatic heterocycles. The van der Waals surface area contributed by atoms with Crippen LogP contribution in [0.15, 0.2) is 83.5 Å². The van der Waals surface area contributed by atoms with Gasteiger partial charge < -0.3 is 9.69 Å². The van der Waals surface area contributed by atoms with Crippen molar-refractivity contribution < 1.29 is 4.79 Å². The summed E-state index contributed by atoms with van der Waals surface area (Å²) >= 11 is 3.62. The largest absolute Gasteiger partial charge is 0.356 e. The number of hydrogen-bond donors (Lipinski definition) is 0. The minimum Gasteiger partial charge on any atom is -0.356 e. The molecule has 1 aliphatic heterocycles. The predicted octanol–water partition coefficient (Wildman–Crippen LogP) is 4.48. The van der Waals surface area contributed by atoms with Gasteiger partial charge in [-0.3, -0.25) is 0 Å². The molecular weight excluding hydrogens is 350 g/mol. The van der Waals surface area contributed by atoms with Crippen LogP contribution >= 0.6 is 15.9 Å². The fourth-order valence-corrected chi connectivity index (χ4v) is 3.49. The molecule has 3 rings (SSSR count). The zero-order chi connectivity index (χ0) is 16.1. The molecule has 0 N–H and O–H groups in total. The highest BCUT2D eigenvalue weighted by Crippen LogP contribution is 2.35. The fraction of sp³-hybridized carbons (Fsp3) is 0.150. The molecule has 0 spiro atoms. The summed E-state index contributed by atoms with van der Waals surface area (Å²) in [7, 11) is 0. The Morgan fingerprint density at radius 1 is 0.957 bits per heavy atom. The molecule has 1 aliphatic rings. The topological polar surface area (TPSA) is 20.3 Å². The van der Waals surface area contributed by atoms with Gasteiger partial charge in [-0.05, 0) is 23.3 Å². The SMILES string of the molecule is O=CC1(Cc2ccccc2)C(Br)=CC=CN1Cc1ccccc1. The van der Waals surface area contributed by atoms with E-state index < -0.39 is 5.54 Å². The average molecular weight is 368 g/mol. The molecule has 2 aromatic rings. The number of aldehydes is 1. The van der Waals surface area contributed by atoms with E-state index in [-0.39, 0.29) is 0 Å². The molecule has 0 saturated heterocycles. The zero-order valence-corrected chi connectivity index (χ0v) is 14.3. The summed E-state index contributed by atoms with van der Waals surface area (Å²) in [6, 6.07) is 20.3. The lowest BCUT2D eigenvalue weighted by atomic mass is 9.88. The van der Waals surface area contributed by atoms with Crippen molar-refractivity contribution in [1.29, 1.82) is 0 Å². The van der Waals surface area contributed by atoms with Crippen molar-refractivity contribution in [2.75, 3.05) is 0 Å². The standard InChI is InChI=1S/C20H18BrNO/c21-19-12-7-13-22(15-18-10-5-2-6-11-18)20(19,16-23)14-17-8-3-1-4-9-17/h1-13,16H,14-15H2. The van der Waals surface area contributed by atoms with E-state index in [1.807, 2.05) is 54.8 Å². The number of carbonyl (C=O) groups is 1. The van der Waals surface area contributed by atoms with Crippen LogP contribution in [0, 0.1) is 0 Å². The van der Waals surface area contributed by atoms with Gasteiger partial charge in [-0.15, -0.1) is 0 Å². The molecule has 1 heterocycles. The second-order valence-electron chi connectivity index (χ2n) is 5.67. The molecule has 3 heteroatoms. The predicted molar refractivity (Wildman–Crippen MR) is 97.1 cm³/mol.